The van der Waals surface area contributed by atoms with E-state index in [0.717, 1.165) is 25.3 Å². The van der Waals surface area contributed by atoms with E-state index in [1.807, 2.05) is 11.0 Å². The molecule has 18 heavy (non-hydrogen) atoms. The molecule has 1 unspecified atom stereocenters. The minimum absolute atomic E-state index is 0.146. The number of piperazine rings is 1. The number of likely N-dealkylation sites (N-methyl/N-ethyl adjacent to an activating group) is 1. The van der Waals surface area contributed by atoms with E-state index in [1.165, 1.54) is 0 Å². The average molecular weight is 248 g/mol. The lowest BCUT2D eigenvalue weighted by Gasteiger charge is -2.38. The van der Waals surface area contributed by atoms with Crippen LogP contribution >= 0.6 is 0 Å². The van der Waals surface area contributed by atoms with Crippen molar-refractivity contribution in [2.24, 2.45) is 0 Å². The Kier molecular flexibility index (Phi) is 3.81. The van der Waals surface area contributed by atoms with Gasteiger partial charge in [0, 0.05) is 31.4 Å². The molecule has 1 amide bonds. The van der Waals surface area contributed by atoms with Crippen LogP contribution < -0.4 is 5.73 Å². The van der Waals surface area contributed by atoms with Crippen molar-refractivity contribution >= 4 is 11.6 Å². The Bertz CT molecular complexity index is 418. The van der Waals surface area contributed by atoms with Gasteiger partial charge < -0.3 is 15.5 Å². The molecule has 1 saturated heterocycles. The number of nitrogens with two attached hydrogens (primary N) is 1. The van der Waals surface area contributed by atoms with Gasteiger partial charge in [-0.1, -0.05) is 0 Å². The van der Waals surface area contributed by atoms with Crippen LogP contribution in [0.2, 0.25) is 0 Å². The molecule has 5 heteroatoms. The molecule has 0 bridgehead atoms. The molecule has 2 rings (SSSR count). The molecule has 1 aromatic rings. The topological polar surface area (TPSA) is 62.5 Å². The number of hydrogen-bond donors (Lipinski definition) is 1. The number of nitrogens with zero attached hydrogens (tertiary/aromatic N) is 3. The summed E-state index contributed by atoms with van der Waals surface area (Å²) in [5.41, 5.74) is 6.98. The molecule has 0 radical (unpaired) electrons. The summed E-state index contributed by atoms with van der Waals surface area (Å²) in [6, 6.07) is 3.86. The number of hydrogen-bond acceptors (Lipinski definition) is 4. The molecule has 0 aliphatic carbocycles. The van der Waals surface area contributed by atoms with E-state index in [9.17, 15) is 4.79 Å². The number of carbonyl (C=O) groups excluding carboxylic acids is 1. The van der Waals surface area contributed by atoms with Crippen molar-refractivity contribution in [2.75, 3.05) is 32.4 Å². The summed E-state index contributed by atoms with van der Waals surface area (Å²) in [7, 11) is 2.08. The van der Waals surface area contributed by atoms with Gasteiger partial charge in [-0.2, -0.15) is 0 Å². The minimum atomic E-state index is 0.146. The van der Waals surface area contributed by atoms with E-state index >= 15 is 0 Å². The first-order valence-corrected chi connectivity index (χ1v) is 6.24. The van der Waals surface area contributed by atoms with E-state index in [-0.39, 0.29) is 11.9 Å². The van der Waals surface area contributed by atoms with Gasteiger partial charge in [0.15, 0.2) is 0 Å². The Morgan fingerprint density at radius 1 is 1.50 bits per heavy atom. The van der Waals surface area contributed by atoms with Crippen molar-refractivity contribution in [3.63, 3.8) is 0 Å². The quantitative estimate of drug-likeness (QED) is 0.821. The number of pyridine rings is 1. The fraction of sp³-hybridized carbons (Fsp3) is 0.538. The number of anilines is 1. The number of nitrogen functional groups attached to an aromatic ring is 1. The highest BCUT2D eigenvalue weighted by molar-refractivity contribution is 5.78. The Labute approximate surface area is 108 Å². The molecule has 1 aliphatic heterocycles. The smallest absolute Gasteiger partial charge is 0.228 e. The van der Waals surface area contributed by atoms with Crippen molar-refractivity contribution in [1.29, 1.82) is 0 Å². The highest BCUT2D eigenvalue weighted by atomic mass is 16.2. The zero-order valence-electron chi connectivity index (χ0n) is 11.0. The molecule has 1 fully saturated rings. The maximum Gasteiger partial charge on any atom is 0.228 e. The first-order chi connectivity index (χ1) is 8.56. The maximum absolute atomic E-state index is 12.2. The first-order valence-electron chi connectivity index (χ1n) is 6.24. The van der Waals surface area contributed by atoms with Gasteiger partial charge in [-0.3, -0.25) is 9.78 Å². The van der Waals surface area contributed by atoms with Gasteiger partial charge in [0.2, 0.25) is 5.91 Å². The van der Waals surface area contributed by atoms with Crippen molar-refractivity contribution in [2.45, 2.75) is 19.4 Å². The van der Waals surface area contributed by atoms with Crippen molar-refractivity contribution in [1.82, 2.24) is 14.8 Å². The monoisotopic (exact) mass is 248 g/mol. The fourth-order valence-corrected chi connectivity index (χ4v) is 2.31. The van der Waals surface area contributed by atoms with Crippen LogP contribution in [0, 0.1) is 0 Å². The fourth-order valence-electron chi connectivity index (χ4n) is 2.31. The van der Waals surface area contributed by atoms with Crippen LogP contribution in [0.4, 0.5) is 5.69 Å². The van der Waals surface area contributed by atoms with Gasteiger partial charge in [-0.25, -0.2) is 0 Å². The zero-order chi connectivity index (χ0) is 13.1. The van der Waals surface area contributed by atoms with Crippen LogP contribution in [0.5, 0.6) is 0 Å². The van der Waals surface area contributed by atoms with E-state index in [1.54, 1.807) is 12.3 Å². The van der Waals surface area contributed by atoms with Gasteiger partial charge in [0.05, 0.1) is 18.3 Å². The molecular formula is C13H20N4O. The molecule has 1 aliphatic rings. The van der Waals surface area contributed by atoms with Crippen LogP contribution in [0.15, 0.2) is 18.3 Å². The number of rotatable bonds is 2. The second-order valence-electron chi connectivity index (χ2n) is 4.96. The normalized spacial score (nSPS) is 21.0. The molecule has 0 saturated carbocycles. The molecule has 98 valence electrons. The predicted octanol–water partition coefficient (Wildman–Crippen LogP) is 0.369. The largest absolute Gasteiger partial charge is 0.397 e. The highest BCUT2D eigenvalue weighted by Crippen LogP contribution is 2.11. The predicted molar refractivity (Wildman–Crippen MR) is 71.0 cm³/mol. The molecule has 1 aromatic heterocycles. The third-order valence-corrected chi connectivity index (χ3v) is 3.33. The standard InChI is InChI=1S/C13H20N4O/c1-10-9-16(2)5-6-17(10)13(18)7-12-4-3-11(14)8-15-12/h3-4,8,10H,5-7,9,14H2,1-2H3. The molecular weight excluding hydrogens is 228 g/mol. The van der Waals surface area contributed by atoms with Gasteiger partial charge in [-0.05, 0) is 26.1 Å². The Hall–Kier alpha value is -1.62. The molecule has 2 N–H and O–H groups in total. The summed E-state index contributed by atoms with van der Waals surface area (Å²) in [5, 5.41) is 0. The molecule has 5 nitrogen and oxygen atoms in total. The van der Waals surface area contributed by atoms with Crippen molar-refractivity contribution in [3.8, 4) is 0 Å². The highest BCUT2D eigenvalue weighted by Gasteiger charge is 2.25. The summed E-state index contributed by atoms with van der Waals surface area (Å²) in [6.07, 6.45) is 1.95. The van der Waals surface area contributed by atoms with Crippen LogP contribution in [0.25, 0.3) is 0 Å². The van der Waals surface area contributed by atoms with E-state index in [0.29, 0.717) is 12.1 Å². The third kappa shape index (κ3) is 2.98. The second kappa shape index (κ2) is 5.35. The summed E-state index contributed by atoms with van der Waals surface area (Å²) in [4.78, 5) is 20.6. The van der Waals surface area contributed by atoms with Crippen molar-refractivity contribution < 1.29 is 4.79 Å². The van der Waals surface area contributed by atoms with Crippen LogP contribution in [0.1, 0.15) is 12.6 Å². The third-order valence-electron chi connectivity index (χ3n) is 3.33. The van der Waals surface area contributed by atoms with E-state index < -0.39 is 0 Å². The average Bonchev–Trinajstić information content (AvgIpc) is 2.32. The molecule has 2 heterocycles. The summed E-state index contributed by atoms with van der Waals surface area (Å²) >= 11 is 0. The van der Waals surface area contributed by atoms with Gasteiger partial charge in [0.1, 0.15) is 0 Å². The van der Waals surface area contributed by atoms with Gasteiger partial charge in [-0.15, -0.1) is 0 Å². The Morgan fingerprint density at radius 3 is 2.89 bits per heavy atom. The number of carbonyl (C=O) groups is 1. The van der Waals surface area contributed by atoms with Crippen LogP contribution in [0.3, 0.4) is 0 Å². The molecule has 0 aromatic carbocycles. The molecule has 1 atom stereocenters. The summed E-state index contributed by atoms with van der Waals surface area (Å²) < 4.78 is 0. The zero-order valence-corrected chi connectivity index (χ0v) is 11.0. The SMILES string of the molecule is CC1CN(C)CCN1C(=O)Cc1ccc(N)cn1. The van der Waals surface area contributed by atoms with Gasteiger partial charge >= 0.3 is 0 Å². The summed E-state index contributed by atoms with van der Waals surface area (Å²) in [6.45, 7) is 4.75. The van der Waals surface area contributed by atoms with Crippen LogP contribution in [-0.4, -0.2) is 53.4 Å². The van der Waals surface area contributed by atoms with E-state index in [2.05, 4.69) is 23.9 Å². The number of amides is 1. The lowest BCUT2D eigenvalue weighted by atomic mass is 10.1. The van der Waals surface area contributed by atoms with Gasteiger partial charge in [0.25, 0.3) is 0 Å². The van der Waals surface area contributed by atoms with Crippen LogP contribution in [-0.2, 0) is 11.2 Å². The Balaban J connectivity index is 1.97. The lowest BCUT2D eigenvalue weighted by molar-refractivity contribution is -0.134. The number of aromatic nitrogens is 1. The Morgan fingerprint density at radius 2 is 2.28 bits per heavy atom. The molecule has 0 spiro atoms. The summed E-state index contributed by atoms with van der Waals surface area (Å²) in [5.74, 6) is 0.146. The van der Waals surface area contributed by atoms with E-state index in [4.69, 9.17) is 5.73 Å². The lowest BCUT2D eigenvalue weighted by Crippen LogP contribution is -2.53. The second-order valence-corrected chi connectivity index (χ2v) is 4.96. The van der Waals surface area contributed by atoms with Crippen molar-refractivity contribution in [3.05, 3.63) is 24.0 Å². The first kappa shape index (κ1) is 12.8. The minimum Gasteiger partial charge on any atom is -0.397 e. The maximum atomic E-state index is 12.2.